The predicted molar refractivity (Wildman–Crippen MR) is 114 cm³/mol. The van der Waals surface area contributed by atoms with Crippen molar-refractivity contribution in [2.24, 2.45) is 0 Å². The number of aromatic nitrogens is 3. The highest BCUT2D eigenvalue weighted by molar-refractivity contribution is 6.30. The number of methoxy groups -OCH3 is 1. The molecule has 3 aromatic rings. The number of anilines is 1. The molecule has 0 unspecified atom stereocenters. The number of carbonyl (C=O) groups excluding carboxylic acids is 1. The number of allylic oxidation sites excluding steroid dienone is 2. The first-order chi connectivity index (χ1) is 14.5. The first kappa shape index (κ1) is 20.0. The van der Waals surface area contributed by atoms with Crippen LogP contribution in [0.1, 0.15) is 31.0 Å². The van der Waals surface area contributed by atoms with Crippen molar-refractivity contribution in [3.05, 3.63) is 76.2 Å². The number of Topliss-reactive ketones (excluding diaryl/α,β-unsaturated/α-hetero) is 1. The Morgan fingerprint density at radius 2 is 1.97 bits per heavy atom. The van der Waals surface area contributed by atoms with Gasteiger partial charge in [-0.05, 0) is 49.2 Å². The number of hydrogen-bond donors (Lipinski definition) is 1. The summed E-state index contributed by atoms with van der Waals surface area (Å²) in [5.74, 6) is 1.73. The molecule has 2 aromatic carbocycles. The molecular formula is C22H21ClN4O3. The van der Waals surface area contributed by atoms with Gasteiger partial charge in [-0.2, -0.15) is 10.1 Å². The van der Waals surface area contributed by atoms with E-state index in [2.05, 4.69) is 15.4 Å². The van der Waals surface area contributed by atoms with E-state index >= 15 is 0 Å². The number of hydrogen-bond acceptors (Lipinski definition) is 6. The molecule has 0 bridgehead atoms. The molecule has 0 radical (unpaired) electrons. The van der Waals surface area contributed by atoms with Crippen LogP contribution in [0.2, 0.25) is 5.02 Å². The molecule has 0 aliphatic carbocycles. The molecule has 2 heterocycles. The van der Waals surface area contributed by atoms with Crippen LogP contribution in [0.25, 0.3) is 0 Å². The smallest absolute Gasteiger partial charge is 0.226 e. The first-order valence-corrected chi connectivity index (χ1v) is 9.79. The zero-order valence-electron chi connectivity index (χ0n) is 16.8. The lowest BCUT2D eigenvalue weighted by molar-refractivity contribution is -0.114. The van der Waals surface area contributed by atoms with E-state index < -0.39 is 6.04 Å². The number of rotatable bonds is 6. The molecule has 154 valence electrons. The van der Waals surface area contributed by atoms with Gasteiger partial charge in [0.25, 0.3) is 0 Å². The maximum Gasteiger partial charge on any atom is 0.226 e. The standard InChI is InChI=1S/C22H21ClN4O3/c1-13-20(14(2)28)21(27-22(26-13)24-12-25-27)16-6-9-18(19(10-16)29-3)30-11-15-4-7-17(23)8-5-15/h4-10,12,21H,11H2,1-3H3,(H,24,25,26)/t21-/m1/s1. The summed E-state index contributed by atoms with van der Waals surface area (Å²) in [5, 5.41) is 8.13. The average Bonchev–Trinajstić information content (AvgIpc) is 3.20. The van der Waals surface area contributed by atoms with Crippen molar-refractivity contribution in [3.8, 4) is 11.5 Å². The molecule has 30 heavy (non-hydrogen) atoms. The second kappa shape index (κ2) is 8.20. The molecule has 1 atom stereocenters. The highest BCUT2D eigenvalue weighted by atomic mass is 35.5. The molecule has 0 saturated heterocycles. The molecule has 1 aliphatic rings. The summed E-state index contributed by atoms with van der Waals surface area (Å²) in [7, 11) is 1.59. The number of halogens is 1. The fourth-order valence-corrected chi connectivity index (χ4v) is 3.70. The van der Waals surface area contributed by atoms with Gasteiger partial charge in [0.1, 0.15) is 19.0 Å². The van der Waals surface area contributed by atoms with Crippen LogP contribution in [0, 0.1) is 0 Å². The van der Waals surface area contributed by atoms with Crippen molar-refractivity contribution >= 4 is 23.3 Å². The zero-order chi connectivity index (χ0) is 21.3. The van der Waals surface area contributed by atoms with E-state index in [9.17, 15) is 4.79 Å². The van der Waals surface area contributed by atoms with Crippen molar-refractivity contribution in [2.45, 2.75) is 26.5 Å². The second-order valence-corrected chi connectivity index (χ2v) is 7.41. The SMILES string of the molecule is COc1cc([C@@H]2C(C(C)=O)=C(C)Nc3ncnn32)ccc1OCc1ccc(Cl)cc1. The Morgan fingerprint density at radius 1 is 1.20 bits per heavy atom. The lowest BCUT2D eigenvalue weighted by Crippen LogP contribution is -2.27. The summed E-state index contributed by atoms with van der Waals surface area (Å²) in [6, 6.07) is 12.7. The summed E-state index contributed by atoms with van der Waals surface area (Å²) in [5.41, 5.74) is 3.23. The van der Waals surface area contributed by atoms with E-state index in [1.165, 1.54) is 6.33 Å². The van der Waals surface area contributed by atoms with Gasteiger partial charge in [-0.15, -0.1) is 0 Å². The Balaban J connectivity index is 1.66. The summed E-state index contributed by atoms with van der Waals surface area (Å²) >= 11 is 5.94. The van der Waals surface area contributed by atoms with Gasteiger partial charge in [-0.1, -0.05) is 29.8 Å². The van der Waals surface area contributed by atoms with Crippen LogP contribution in [0.5, 0.6) is 11.5 Å². The van der Waals surface area contributed by atoms with Crippen molar-refractivity contribution in [1.82, 2.24) is 14.8 Å². The van der Waals surface area contributed by atoms with Gasteiger partial charge in [0.15, 0.2) is 17.3 Å². The number of carbonyl (C=O) groups is 1. The maximum absolute atomic E-state index is 12.4. The zero-order valence-corrected chi connectivity index (χ0v) is 17.6. The van der Waals surface area contributed by atoms with E-state index in [4.69, 9.17) is 21.1 Å². The average molecular weight is 425 g/mol. The molecule has 7 nitrogen and oxygen atoms in total. The van der Waals surface area contributed by atoms with Gasteiger partial charge < -0.3 is 14.8 Å². The highest BCUT2D eigenvalue weighted by Crippen LogP contribution is 2.38. The molecule has 0 saturated carbocycles. The Bertz CT molecular complexity index is 1120. The van der Waals surface area contributed by atoms with Crippen LogP contribution in [-0.4, -0.2) is 27.7 Å². The number of ether oxygens (including phenoxy) is 2. The lowest BCUT2D eigenvalue weighted by atomic mass is 9.93. The summed E-state index contributed by atoms with van der Waals surface area (Å²) in [6.45, 7) is 3.80. The van der Waals surface area contributed by atoms with Crippen LogP contribution in [0.15, 0.2) is 60.1 Å². The molecule has 4 rings (SSSR count). The minimum Gasteiger partial charge on any atom is -0.493 e. The third kappa shape index (κ3) is 3.76. The van der Waals surface area contributed by atoms with E-state index in [-0.39, 0.29) is 5.78 Å². The Hall–Kier alpha value is -3.32. The number of fused-ring (bicyclic) bond motifs is 1. The minimum atomic E-state index is -0.402. The van der Waals surface area contributed by atoms with Crippen molar-refractivity contribution in [1.29, 1.82) is 0 Å². The van der Waals surface area contributed by atoms with E-state index in [0.717, 1.165) is 16.8 Å². The maximum atomic E-state index is 12.4. The van der Waals surface area contributed by atoms with E-state index in [1.54, 1.807) is 18.7 Å². The molecule has 8 heteroatoms. The third-order valence-corrected chi connectivity index (χ3v) is 5.24. The Morgan fingerprint density at radius 3 is 2.67 bits per heavy atom. The van der Waals surface area contributed by atoms with Gasteiger partial charge in [-0.3, -0.25) is 4.79 Å². The number of nitrogens with one attached hydrogen (secondary N) is 1. The summed E-state index contributed by atoms with van der Waals surface area (Å²) in [6.07, 6.45) is 1.46. The van der Waals surface area contributed by atoms with Gasteiger partial charge in [0.2, 0.25) is 5.95 Å². The summed E-state index contributed by atoms with van der Waals surface area (Å²) < 4.78 is 13.2. The van der Waals surface area contributed by atoms with Gasteiger partial charge in [-0.25, -0.2) is 4.68 Å². The van der Waals surface area contributed by atoms with Crippen LogP contribution < -0.4 is 14.8 Å². The number of ketones is 1. The van der Waals surface area contributed by atoms with Crippen LogP contribution in [0.4, 0.5) is 5.95 Å². The van der Waals surface area contributed by atoms with Crippen molar-refractivity contribution in [3.63, 3.8) is 0 Å². The van der Waals surface area contributed by atoms with Crippen molar-refractivity contribution < 1.29 is 14.3 Å². The fraction of sp³-hybridized carbons (Fsp3) is 0.227. The molecule has 0 fully saturated rings. The second-order valence-electron chi connectivity index (χ2n) is 6.98. The molecule has 1 aromatic heterocycles. The molecular weight excluding hydrogens is 404 g/mol. The quantitative estimate of drug-likeness (QED) is 0.632. The molecule has 0 amide bonds. The fourth-order valence-electron chi connectivity index (χ4n) is 3.57. The van der Waals surface area contributed by atoms with Crippen LogP contribution >= 0.6 is 11.6 Å². The molecule has 1 N–H and O–H groups in total. The molecule has 0 spiro atoms. The first-order valence-electron chi connectivity index (χ1n) is 9.41. The normalized spacial score (nSPS) is 15.4. The number of nitrogens with zero attached hydrogens (tertiary/aromatic N) is 3. The van der Waals surface area contributed by atoms with Gasteiger partial charge in [0.05, 0.1) is 7.11 Å². The third-order valence-electron chi connectivity index (χ3n) is 4.98. The largest absolute Gasteiger partial charge is 0.493 e. The van der Waals surface area contributed by atoms with E-state index in [0.29, 0.717) is 34.6 Å². The van der Waals surface area contributed by atoms with Gasteiger partial charge >= 0.3 is 0 Å². The summed E-state index contributed by atoms with van der Waals surface area (Å²) in [4.78, 5) is 16.6. The topological polar surface area (TPSA) is 78.3 Å². The predicted octanol–water partition coefficient (Wildman–Crippen LogP) is 4.40. The van der Waals surface area contributed by atoms with Crippen LogP contribution in [-0.2, 0) is 11.4 Å². The number of benzene rings is 2. The van der Waals surface area contributed by atoms with E-state index in [1.807, 2.05) is 49.4 Å². The Kier molecular flexibility index (Phi) is 5.46. The monoisotopic (exact) mass is 424 g/mol. The van der Waals surface area contributed by atoms with Gasteiger partial charge in [0, 0.05) is 16.3 Å². The minimum absolute atomic E-state index is 0.0341. The Labute approximate surface area is 179 Å². The van der Waals surface area contributed by atoms with Crippen molar-refractivity contribution in [2.75, 3.05) is 12.4 Å². The molecule has 1 aliphatic heterocycles. The van der Waals surface area contributed by atoms with Crippen LogP contribution in [0.3, 0.4) is 0 Å². The lowest BCUT2D eigenvalue weighted by Gasteiger charge is -2.28. The highest BCUT2D eigenvalue weighted by Gasteiger charge is 2.32.